The van der Waals surface area contributed by atoms with E-state index in [1.165, 1.54) is 11.8 Å². The van der Waals surface area contributed by atoms with Gasteiger partial charge in [0.05, 0.1) is 25.2 Å². The SMILES string of the molecule is CCCCOc1ccc(OC)cc1NC(=O)CSc1nnc(-c2cccc(C)c2)n1CC. The molecular weight excluding hydrogens is 424 g/mol. The molecule has 0 aliphatic carbocycles. The lowest BCUT2D eigenvalue weighted by atomic mass is 10.1. The highest BCUT2D eigenvalue weighted by atomic mass is 32.2. The van der Waals surface area contributed by atoms with Gasteiger partial charge in [0.15, 0.2) is 11.0 Å². The summed E-state index contributed by atoms with van der Waals surface area (Å²) < 4.78 is 13.2. The van der Waals surface area contributed by atoms with Crippen LogP contribution in [0.3, 0.4) is 0 Å². The van der Waals surface area contributed by atoms with Gasteiger partial charge in [-0.1, -0.05) is 48.9 Å². The second-order valence-electron chi connectivity index (χ2n) is 7.32. The smallest absolute Gasteiger partial charge is 0.234 e. The summed E-state index contributed by atoms with van der Waals surface area (Å²) in [5.41, 5.74) is 2.78. The van der Waals surface area contributed by atoms with Crippen LogP contribution in [0.25, 0.3) is 11.4 Å². The van der Waals surface area contributed by atoms with Crippen LogP contribution < -0.4 is 14.8 Å². The van der Waals surface area contributed by atoms with Crippen molar-refractivity contribution in [2.75, 3.05) is 24.8 Å². The highest BCUT2D eigenvalue weighted by Crippen LogP contribution is 2.30. The third kappa shape index (κ3) is 6.03. The largest absolute Gasteiger partial charge is 0.497 e. The number of carbonyl (C=O) groups is 1. The molecule has 3 rings (SSSR count). The molecule has 0 saturated carbocycles. The summed E-state index contributed by atoms with van der Waals surface area (Å²) in [7, 11) is 1.60. The number of aryl methyl sites for hydroxylation is 1. The van der Waals surface area contributed by atoms with Crippen molar-refractivity contribution >= 4 is 23.4 Å². The number of hydrogen-bond donors (Lipinski definition) is 1. The maximum atomic E-state index is 12.7. The first kappa shape index (κ1) is 23.7. The van der Waals surface area contributed by atoms with Crippen LogP contribution in [0.5, 0.6) is 11.5 Å². The van der Waals surface area contributed by atoms with E-state index >= 15 is 0 Å². The van der Waals surface area contributed by atoms with Gasteiger partial charge in [-0.15, -0.1) is 10.2 Å². The van der Waals surface area contributed by atoms with Crippen molar-refractivity contribution in [1.82, 2.24) is 14.8 Å². The second-order valence-corrected chi connectivity index (χ2v) is 8.26. The van der Waals surface area contributed by atoms with E-state index in [2.05, 4.69) is 41.5 Å². The molecule has 1 amide bonds. The second kappa shape index (κ2) is 11.6. The molecule has 1 heterocycles. The molecule has 0 aliphatic rings. The number of aromatic nitrogens is 3. The molecule has 0 saturated heterocycles. The highest BCUT2D eigenvalue weighted by molar-refractivity contribution is 7.99. The number of hydrogen-bond acceptors (Lipinski definition) is 6. The first-order valence-corrected chi connectivity index (χ1v) is 11.8. The molecule has 0 radical (unpaired) electrons. The molecule has 3 aromatic rings. The number of rotatable bonds is 11. The fraction of sp³-hybridized carbons (Fsp3) is 0.375. The molecule has 8 heteroatoms. The van der Waals surface area contributed by atoms with Crippen LogP contribution in [0.4, 0.5) is 5.69 Å². The van der Waals surface area contributed by atoms with Gasteiger partial charge in [-0.05, 0) is 38.5 Å². The Morgan fingerprint density at radius 1 is 1.16 bits per heavy atom. The molecule has 0 unspecified atom stereocenters. The molecule has 0 atom stereocenters. The van der Waals surface area contributed by atoms with E-state index in [9.17, 15) is 4.79 Å². The predicted molar refractivity (Wildman–Crippen MR) is 129 cm³/mol. The Bertz CT molecular complexity index is 1050. The van der Waals surface area contributed by atoms with E-state index in [0.717, 1.165) is 29.8 Å². The molecule has 0 bridgehead atoms. The number of anilines is 1. The maximum absolute atomic E-state index is 12.7. The van der Waals surface area contributed by atoms with Gasteiger partial charge in [-0.2, -0.15) is 0 Å². The molecule has 32 heavy (non-hydrogen) atoms. The zero-order valence-corrected chi connectivity index (χ0v) is 19.9. The number of nitrogens with one attached hydrogen (secondary N) is 1. The minimum absolute atomic E-state index is 0.147. The average Bonchev–Trinajstić information content (AvgIpc) is 3.21. The number of amides is 1. The predicted octanol–water partition coefficient (Wildman–Crippen LogP) is 5.19. The third-order valence-corrected chi connectivity index (χ3v) is 5.82. The molecule has 7 nitrogen and oxygen atoms in total. The lowest BCUT2D eigenvalue weighted by molar-refractivity contribution is -0.113. The van der Waals surface area contributed by atoms with E-state index in [-0.39, 0.29) is 11.7 Å². The Kier molecular flexibility index (Phi) is 8.56. The summed E-state index contributed by atoms with van der Waals surface area (Å²) in [6.07, 6.45) is 1.99. The first-order chi connectivity index (χ1) is 15.5. The summed E-state index contributed by atoms with van der Waals surface area (Å²) in [5, 5.41) is 12.3. The van der Waals surface area contributed by atoms with Crippen LogP contribution in [0, 0.1) is 6.92 Å². The van der Waals surface area contributed by atoms with Crippen molar-refractivity contribution in [3.05, 3.63) is 48.0 Å². The lowest BCUT2D eigenvalue weighted by Crippen LogP contribution is -2.16. The van der Waals surface area contributed by atoms with Gasteiger partial charge in [0, 0.05) is 18.2 Å². The Morgan fingerprint density at radius 2 is 2.00 bits per heavy atom. The molecule has 0 spiro atoms. The Labute approximate surface area is 193 Å². The summed E-state index contributed by atoms with van der Waals surface area (Å²) in [6, 6.07) is 13.6. The van der Waals surface area contributed by atoms with Gasteiger partial charge < -0.3 is 19.4 Å². The van der Waals surface area contributed by atoms with Crippen LogP contribution in [0.15, 0.2) is 47.6 Å². The quantitative estimate of drug-likeness (QED) is 0.317. The van der Waals surface area contributed by atoms with Gasteiger partial charge in [0.1, 0.15) is 11.5 Å². The van der Waals surface area contributed by atoms with Crippen molar-refractivity contribution in [1.29, 1.82) is 0 Å². The summed E-state index contributed by atoms with van der Waals surface area (Å²) in [4.78, 5) is 12.7. The van der Waals surface area contributed by atoms with Gasteiger partial charge in [-0.25, -0.2) is 0 Å². The summed E-state index contributed by atoms with van der Waals surface area (Å²) >= 11 is 1.36. The number of benzene rings is 2. The van der Waals surface area contributed by atoms with Crippen LogP contribution in [0.2, 0.25) is 0 Å². The van der Waals surface area contributed by atoms with Crippen molar-refractivity contribution in [3.8, 4) is 22.9 Å². The Balaban J connectivity index is 1.69. The molecule has 0 fully saturated rings. The zero-order chi connectivity index (χ0) is 22.9. The fourth-order valence-electron chi connectivity index (χ4n) is 3.18. The number of methoxy groups -OCH3 is 1. The number of nitrogens with zero attached hydrogens (tertiary/aromatic N) is 3. The zero-order valence-electron chi connectivity index (χ0n) is 19.1. The van der Waals surface area contributed by atoms with E-state index in [0.29, 0.717) is 35.5 Å². The lowest BCUT2D eigenvalue weighted by Gasteiger charge is -2.14. The minimum Gasteiger partial charge on any atom is -0.497 e. The summed E-state index contributed by atoms with van der Waals surface area (Å²) in [6.45, 7) is 7.52. The number of carbonyl (C=O) groups excluding carboxylic acids is 1. The fourth-order valence-corrected chi connectivity index (χ4v) is 3.98. The third-order valence-electron chi connectivity index (χ3n) is 4.86. The molecule has 1 N–H and O–H groups in total. The van der Waals surface area contributed by atoms with E-state index in [1.54, 1.807) is 13.2 Å². The first-order valence-electron chi connectivity index (χ1n) is 10.8. The minimum atomic E-state index is -0.147. The monoisotopic (exact) mass is 454 g/mol. The van der Waals surface area contributed by atoms with Crippen molar-refractivity contribution in [2.45, 2.75) is 45.3 Å². The van der Waals surface area contributed by atoms with E-state index in [1.807, 2.05) is 35.8 Å². The Morgan fingerprint density at radius 3 is 2.72 bits per heavy atom. The molecular formula is C24H30N4O3S. The van der Waals surface area contributed by atoms with Gasteiger partial charge in [0.2, 0.25) is 5.91 Å². The van der Waals surface area contributed by atoms with Crippen molar-refractivity contribution in [3.63, 3.8) is 0 Å². The maximum Gasteiger partial charge on any atom is 0.234 e. The summed E-state index contributed by atoms with van der Waals surface area (Å²) in [5.74, 6) is 2.16. The van der Waals surface area contributed by atoms with Crippen molar-refractivity contribution < 1.29 is 14.3 Å². The Hall–Kier alpha value is -3.00. The van der Waals surface area contributed by atoms with Crippen LogP contribution in [0.1, 0.15) is 32.3 Å². The van der Waals surface area contributed by atoms with Crippen LogP contribution in [-0.2, 0) is 11.3 Å². The highest BCUT2D eigenvalue weighted by Gasteiger charge is 2.16. The molecule has 2 aromatic carbocycles. The number of unbranched alkanes of at least 4 members (excludes halogenated alkanes) is 1. The molecule has 0 aliphatic heterocycles. The number of thioether (sulfide) groups is 1. The topological polar surface area (TPSA) is 78.3 Å². The van der Waals surface area contributed by atoms with E-state index in [4.69, 9.17) is 9.47 Å². The van der Waals surface area contributed by atoms with Crippen LogP contribution >= 0.6 is 11.8 Å². The standard InChI is InChI=1S/C24H30N4O3S/c1-5-7-13-31-21-12-11-19(30-4)15-20(21)25-22(29)16-32-24-27-26-23(28(24)6-2)18-10-8-9-17(3)14-18/h8-12,14-15H,5-7,13,16H2,1-4H3,(H,25,29). The molecule has 1 aromatic heterocycles. The van der Waals surface area contributed by atoms with Gasteiger partial charge in [-0.3, -0.25) is 4.79 Å². The normalized spacial score (nSPS) is 10.8. The van der Waals surface area contributed by atoms with Crippen molar-refractivity contribution in [2.24, 2.45) is 0 Å². The average molecular weight is 455 g/mol. The van der Waals surface area contributed by atoms with Gasteiger partial charge >= 0.3 is 0 Å². The molecule has 170 valence electrons. The number of ether oxygens (including phenoxy) is 2. The van der Waals surface area contributed by atoms with E-state index < -0.39 is 0 Å². The van der Waals surface area contributed by atoms with Gasteiger partial charge in [0.25, 0.3) is 0 Å². The van der Waals surface area contributed by atoms with Crippen LogP contribution in [-0.4, -0.2) is 40.1 Å².